The molecule has 0 aliphatic carbocycles. The fraction of sp³-hybridized carbons (Fsp3) is 0.167. The monoisotopic (exact) mass is 373 g/mol. The molecule has 0 aliphatic rings. The number of hydrogen-bond acceptors (Lipinski definition) is 2. The molecular formula is C18H16BrNOS. The molecule has 0 radical (unpaired) electrons. The quantitative estimate of drug-likeness (QED) is 0.609. The number of pyridine rings is 1. The first kappa shape index (κ1) is 15.4. The van der Waals surface area contributed by atoms with Gasteiger partial charge in [0.1, 0.15) is 0 Å². The Morgan fingerprint density at radius 2 is 1.91 bits per heavy atom. The van der Waals surface area contributed by atoms with Crippen LogP contribution < -0.4 is 5.56 Å². The average molecular weight is 374 g/mol. The van der Waals surface area contributed by atoms with Gasteiger partial charge in [0.2, 0.25) is 0 Å². The summed E-state index contributed by atoms with van der Waals surface area (Å²) < 4.78 is 2.80. The number of fused-ring (bicyclic) bond motifs is 1. The first-order chi connectivity index (χ1) is 10.6. The molecule has 22 heavy (non-hydrogen) atoms. The van der Waals surface area contributed by atoms with E-state index in [9.17, 15) is 4.79 Å². The predicted molar refractivity (Wildman–Crippen MR) is 97.6 cm³/mol. The van der Waals surface area contributed by atoms with Crippen LogP contribution in [-0.2, 0) is 12.8 Å². The topological polar surface area (TPSA) is 22.0 Å². The number of rotatable bonds is 3. The lowest BCUT2D eigenvalue weighted by atomic mass is 10.1. The Bertz CT molecular complexity index is 901. The molecule has 3 aromatic rings. The summed E-state index contributed by atoms with van der Waals surface area (Å²) in [6, 6.07) is 16.1. The highest BCUT2D eigenvalue weighted by Crippen LogP contribution is 2.32. The molecule has 3 rings (SSSR count). The third kappa shape index (κ3) is 2.99. The average Bonchev–Trinajstić information content (AvgIpc) is 2.51. The molecule has 0 amide bonds. The van der Waals surface area contributed by atoms with E-state index in [0.717, 1.165) is 26.7 Å². The van der Waals surface area contributed by atoms with Gasteiger partial charge in [-0.3, -0.25) is 4.79 Å². The fourth-order valence-electron chi connectivity index (χ4n) is 2.48. The van der Waals surface area contributed by atoms with Crippen LogP contribution in [0, 0.1) is 6.92 Å². The van der Waals surface area contributed by atoms with Gasteiger partial charge in [0.15, 0.2) is 0 Å². The van der Waals surface area contributed by atoms with Gasteiger partial charge < -0.3 is 4.57 Å². The van der Waals surface area contributed by atoms with Gasteiger partial charge in [0, 0.05) is 33.6 Å². The molecule has 0 fully saturated rings. The Balaban J connectivity index is 1.97. The van der Waals surface area contributed by atoms with Crippen LogP contribution in [0.3, 0.4) is 0 Å². The molecule has 0 bridgehead atoms. The molecule has 0 saturated heterocycles. The lowest BCUT2D eigenvalue weighted by molar-refractivity contribution is 0.902. The molecule has 112 valence electrons. The maximum atomic E-state index is 12.1. The van der Waals surface area contributed by atoms with Crippen LogP contribution in [0.25, 0.3) is 10.9 Å². The number of thioether (sulfide) groups is 1. The van der Waals surface area contributed by atoms with E-state index in [1.165, 1.54) is 10.5 Å². The molecule has 0 aliphatic heterocycles. The molecule has 2 nitrogen and oxygen atoms in total. The van der Waals surface area contributed by atoms with E-state index in [0.29, 0.717) is 0 Å². The number of aryl methyl sites for hydroxylation is 2. The highest BCUT2D eigenvalue weighted by Gasteiger charge is 2.08. The fourth-order valence-corrected chi connectivity index (χ4v) is 4.23. The van der Waals surface area contributed by atoms with Crippen molar-refractivity contribution in [3.8, 4) is 0 Å². The Morgan fingerprint density at radius 1 is 1.14 bits per heavy atom. The van der Waals surface area contributed by atoms with Crippen molar-refractivity contribution in [2.75, 3.05) is 0 Å². The molecule has 0 N–H and O–H groups in total. The van der Waals surface area contributed by atoms with Crippen LogP contribution >= 0.6 is 27.7 Å². The van der Waals surface area contributed by atoms with Crippen molar-refractivity contribution < 1.29 is 0 Å². The molecule has 0 atom stereocenters. The number of hydrogen-bond donors (Lipinski definition) is 0. The van der Waals surface area contributed by atoms with E-state index < -0.39 is 0 Å². The molecule has 2 aromatic carbocycles. The van der Waals surface area contributed by atoms with Crippen molar-refractivity contribution >= 4 is 38.6 Å². The summed E-state index contributed by atoms with van der Waals surface area (Å²) in [6.07, 6.45) is 0. The summed E-state index contributed by atoms with van der Waals surface area (Å²) in [5.41, 5.74) is 3.33. The second-order valence-electron chi connectivity index (χ2n) is 5.31. The van der Waals surface area contributed by atoms with Gasteiger partial charge in [-0.1, -0.05) is 24.3 Å². The molecule has 1 aromatic heterocycles. The van der Waals surface area contributed by atoms with Crippen LogP contribution in [0.1, 0.15) is 11.1 Å². The van der Waals surface area contributed by atoms with Crippen molar-refractivity contribution in [1.82, 2.24) is 4.57 Å². The minimum Gasteiger partial charge on any atom is -0.311 e. The zero-order valence-corrected chi connectivity index (χ0v) is 14.9. The minimum absolute atomic E-state index is 0.0391. The predicted octanol–water partition coefficient (Wildman–Crippen LogP) is 4.90. The Labute approximate surface area is 142 Å². The molecule has 0 saturated carbocycles. The standard InChI is InChI=1S/C18H16BrNOS/c1-12-7-8-17(15(19)9-12)22-11-13-10-18(21)20(2)16-6-4-3-5-14(13)16/h3-10H,11H2,1-2H3. The Kier molecular flexibility index (Phi) is 4.41. The maximum absolute atomic E-state index is 12.1. The Hall–Kier alpha value is -1.52. The zero-order valence-electron chi connectivity index (χ0n) is 12.5. The lowest BCUT2D eigenvalue weighted by Crippen LogP contribution is -2.16. The van der Waals surface area contributed by atoms with Gasteiger partial charge in [-0.2, -0.15) is 0 Å². The summed E-state index contributed by atoms with van der Waals surface area (Å²) in [5.74, 6) is 0.776. The van der Waals surface area contributed by atoms with E-state index >= 15 is 0 Å². The van der Waals surface area contributed by atoms with Crippen LogP contribution in [0.5, 0.6) is 0 Å². The van der Waals surface area contributed by atoms with E-state index in [2.05, 4.69) is 47.1 Å². The lowest BCUT2D eigenvalue weighted by Gasteiger charge is -2.10. The van der Waals surface area contributed by atoms with Crippen molar-refractivity contribution in [2.24, 2.45) is 7.05 Å². The number of benzene rings is 2. The van der Waals surface area contributed by atoms with Crippen molar-refractivity contribution in [3.05, 3.63) is 74.5 Å². The maximum Gasteiger partial charge on any atom is 0.251 e. The van der Waals surface area contributed by atoms with Gasteiger partial charge in [-0.25, -0.2) is 0 Å². The third-order valence-electron chi connectivity index (χ3n) is 3.71. The van der Waals surface area contributed by atoms with Crippen LogP contribution in [0.4, 0.5) is 0 Å². The van der Waals surface area contributed by atoms with E-state index in [-0.39, 0.29) is 5.56 Å². The normalized spacial score (nSPS) is 11.0. The van der Waals surface area contributed by atoms with Crippen molar-refractivity contribution in [1.29, 1.82) is 0 Å². The van der Waals surface area contributed by atoms with Crippen LogP contribution in [0.2, 0.25) is 0 Å². The van der Waals surface area contributed by atoms with Gasteiger partial charge in [0.05, 0.1) is 5.52 Å². The second kappa shape index (κ2) is 6.31. The number of aromatic nitrogens is 1. The van der Waals surface area contributed by atoms with Crippen LogP contribution in [0.15, 0.2) is 62.7 Å². The van der Waals surface area contributed by atoms with Crippen molar-refractivity contribution in [3.63, 3.8) is 0 Å². The van der Waals surface area contributed by atoms with Gasteiger partial charge >= 0.3 is 0 Å². The second-order valence-corrected chi connectivity index (χ2v) is 7.18. The molecular weight excluding hydrogens is 358 g/mol. The zero-order chi connectivity index (χ0) is 15.7. The summed E-state index contributed by atoms with van der Waals surface area (Å²) in [5, 5.41) is 1.14. The summed E-state index contributed by atoms with van der Waals surface area (Å²) in [7, 11) is 1.82. The van der Waals surface area contributed by atoms with Crippen LogP contribution in [-0.4, -0.2) is 4.57 Å². The summed E-state index contributed by atoms with van der Waals surface area (Å²) >= 11 is 5.35. The molecule has 0 unspecified atom stereocenters. The first-order valence-electron chi connectivity index (χ1n) is 7.03. The first-order valence-corrected chi connectivity index (χ1v) is 8.81. The van der Waals surface area contributed by atoms with E-state index in [1.807, 2.05) is 25.2 Å². The van der Waals surface area contributed by atoms with Gasteiger partial charge in [0.25, 0.3) is 5.56 Å². The minimum atomic E-state index is 0.0391. The third-order valence-corrected chi connectivity index (χ3v) is 5.75. The number of nitrogens with zero attached hydrogens (tertiary/aromatic N) is 1. The molecule has 4 heteroatoms. The van der Waals surface area contributed by atoms with Gasteiger partial charge in [-0.15, -0.1) is 11.8 Å². The van der Waals surface area contributed by atoms with Gasteiger partial charge in [-0.05, 0) is 52.2 Å². The van der Waals surface area contributed by atoms with E-state index in [4.69, 9.17) is 0 Å². The molecule has 1 heterocycles. The Morgan fingerprint density at radius 3 is 2.68 bits per heavy atom. The molecule has 0 spiro atoms. The van der Waals surface area contributed by atoms with Crippen molar-refractivity contribution in [2.45, 2.75) is 17.6 Å². The van der Waals surface area contributed by atoms with E-state index in [1.54, 1.807) is 22.4 Å². The number of para-hydroxylation sites is 1. The smallest absolute Gasteiger partial charge is 0.251 e. The summed E-state index contributed by atoms with van der Waals surface area (Å²) in [6.45, 7) is 2.08. The largest absolute Gasteiger partial charge is 0.311 e. The summed E-state index contributed by atoms with van der Waals surface area (Å²) in [4.78, 5) is 13.3. The number of halogens is 1. The SMILES string of the molecule is Cc1ccc(SCc2cc(=O)n(C)c3ccccc23)c(Br)c1. The highest BCUT2D eigenvalue weighted by molar-refractivity contribution is 9.10. The highest BCUT2D eigenvalue weighted by atomic mass is 79.9.